The average molecular weight is 225 g/mol. The Bertz CT molecular complexity index is 213. The van der Waals surface area contributed by atoms with E-state index in [0.717, 1.165) is 18.4 Å². The summed E-state index contributed by atoms with van der Waals surface area (Å²) >= 11 is 0. The first-order valence-electron chi connectivity index (χ1n) is 7.01. The Morgan fingerprint density at radius 2 is 1.94 bits per heavy atom. The lowest BCUT2D eigenvalue weighted by molar-refractivity contribution is -0.0247. The third-order valence-electron chi connectivity index (χ3n) is 4.21. The highest BCUT2D eigenvalue weighted by molar-refractivity contribution is 4.83. The molecule has 1 heterocycles. The van der Waals surface area contributed by atoms with E-state index < -0.39 is 0 Å². The van der Waals surface area contributed by atoms with Gasteiger partial charge in [-0.2, -0.15) is 0 Å². The van der Waals surface area contributed by atoms with Crippen LogP contribution in [-0.4, -0.2) is 25.3 Å². The van der Waals surface area contributed by atoms with Gasteiger partial charge >= 0.3 is 0 Å². The molecular weight excluding hydrogens is 198 g/mol. The fourth-order valence-corrected chi connectivity index (χ4v) is 2.66. The van der Waals surface area contributed by atoms with Crippen molar-refractivity contribution in [3.8, 4) is 0 Å². The van der Waals surface area contributed by atoms with Crippen LogP contribution >= 0.6 is 0 Å². The molecular formula is C14H27NO. The molecule has 1 aliphatic heterocycles. The summed E-state index contributed by atoms with van der Waals surface area (Å²) in [6.45, 7) is 9.07. The molecule has 2 fully saturated rings. The van der Waals surface area contributed by atoms with Gasteiger partial charge in [0.15, 0.2) is 0 Å². The lowest BCUT2D eigenvalue weighted by Gasteiger charge is -2.33. The Morgan fingerprint density at radius 3 is 2.56 bits per heavy atom. The topological polar surface area (TPSA) is 21.3 Å². The molecule has 1 aliphatic carbocycles. The SMILES string of the molecule is CC(C)C1CC(NCC(C)C2CC2)CCO1. The van der Waals surface area contributed by atoms with Gasteiger partial charge in [0.25, 0.3) is 0 Å². The molecule has 1 saturated heterocycles. The normalized spacial score (nSPS) is 33.0. The minimum absolute atomic E-state index is 0.475. The molecule has 2 nitrogen and oxygen atoms in total. The van der Waals surface area contributed by atoms with Gasteiger partial charge < -0.3 is 10.1 Å². The number of nitrogens with one attached hydrogen (secondary N) is 1. The predicted molar refractivity (Wildman–Crippen MR) is 67.5 cm³/mol. The van der Waals surface area contributed by atoms with Crippen LogP contribution in [0.3, 0.4) is 0 Å². The zero-order chi connectivity index (χ0) is 11.5. The Labute approximate surface area is 100 Å². The van der Waals surface area contributed by atoms with Crippen molar-refractivity contribution in [3.63, 3.8) is 0 Å². The smallest absolute Gasteiger partial charge is 0.0612 e. The number of rotatable bonds is 5. The number of hydrogen-bond acceptors (Lipinski definition) is 2. The van der Waals surface area contributed by atoms with E-state index in [1.807, 2.05) is 0 Å². The average Bonchev–Trinajstić information content (AvgIpc) is 3.10. The van der Waals surface area contributed by atoms with E-state index in [0.29, 0.717) is 18.1 Å². The number of hydrogen-bond donors (Lipinski definition) is 1. The fourth-order valence-electron chi connectivity index (χ4n) is 2.66. The van der Waals surface area contributed by atoms with Crippen molar-refractivity contribution >= 4 is 0 Å². The van der Waals surface area contributed by atoms with Crippen molar-refractivity contribution < 1.29 is 4.74 Å². The zero-order valence-electron chi connectivity index (χ0n) is 11.0. The quantitative estimate of drug-likeness (QED) is 0.777. The van der Waals surface area contributed by atoms with Gasteiger partial charge in [0.05, 0.1) is 6.10 Å². The molecule has 0 bridgehead atoms. The van der Waals surface area contributed by atoms with E-state index in [-0.39, 0.29) is 0 Å². The first kappa shape index (κ1) is 12.4. The van der Waals surface area contributed by atoms with Gasteiger partial charge in [0.1, 0.15) is 0 Å². The van der Waals surface area contributed by atoms with Crippen LogP contribution in [-0.2, 0) is 4.74 Å². The van der Waals surface area contributed by atoms with Crippen LogP contribution in [0.15, 0.2) is 0 Å². The first-order valence-corrected chi connectivity index (χ1v) is 7.01. The molecule has 0 aromatic carbocycles. The Hall–Kier alpha value is -0.0800. The Balaban J connectivity index is 1.68. The van der Waals surface area contributed by atoms with E-state index in [1.54, 1.807) is 0 Å². The van der Waals surface area contributed by atoms with Crippen LogP contribution in [0.2, 0.25) is 0 Å². The Morgan fingerprint density at radius 1 is 1.19 bits per heavy atom. The lowest BCUT2D eigenvalue weighted by Crippen LogP contribution is -2.42. The zero-order valence-corrected chi connectivity index (χ0v) is 11.0. The molecule has 0 spiro atoms. The van der Waals surface area contributed by atoms with Crippen molar-refractivity contribution in [1.82, 2.24) is 5.32 Å². The van der Waals surface area contributed by atoms with Gasteiger partial charge in [-0.25, -0.2) is 0 Å². The van der Waals surface area contributed by atoms with Crippen LogP contribution in [0.25, 0.3) is 0 Å². The monoisotopic (exact) mass is 225 g/mol. The third-order valence-corrected chi connectivity index (χ3v) is 4.21. The molecule has 3 unspecified atom stereocenters. The minimum Gasteiger partial charge on any atom is -0.378 e. The second-order valence-electron chi connectivity index (χ2n) is 6.10. The molecule has 0 radical (unpaired) electrons. The summed E-state index contributed by atoms with van der Waals surface area (Å²) in [5.41, 5.74) is 0. The van der Waals surface area contributed by atoms with Crippen molar-refractivity contribution in [3.05, 3.63) is 0 Å². The van der Waals surface area contributed by atoms with E-state index >= 15 is 0 Å². The molecule has 1 saturated carbocycles. The van der Waals surface area contributed by atoms with Gasteiger partial charge in [-0.15, -0.1) is 0 Å². The fraction of sp³-hybridized carbons (Fsp3) is 1.00. The van der Waals surface area contributed by atoms with Crippen LogP contribution in [0.4, 0.5) is 0 Å². The highest BCUT2D eigenvalue weighted by atomic mass is 16.5. The van der Waals surface area contributed by atoms with Crippen LogP contribution in [0.1, 0.15) is 46.5 Å². The summed E-state index contributed by atoms with van der Waals surface area (Å²) in [7, 11) is 0. The van der Waals surface area contributed by atoms with Crippen LogP contribution < -0.4 is 5.32 Å². The van der Waals surface area contributed by atoms with Crippen molar-refractivity contribution in [1.29, 1.82) is 0 Å². The van der Waals surface area contributed by atoms with Crippen LogP contribution in [0.5, 0.6) is 0 Å². The molecule has 0 aromatic rings. The van der Waals surface area contributed by atoms with Gasteiger partial charge in [-0.05, 0) is 50.0 Å². The van der Waals surface area contributed by atoms with E-state index in [9.17, 15) is 0 Å². The van der Waals surface area contributed by atoms with E-state index in [4.69, 9.17) is 4.74 Å². The van der Waals surface area contributed by atoms with Gasteiger partial charge in [0.2, 0.25) is 0 Å². The number of ether oxygens (including phenoxy) is 1. The van der Waals surface area contributed by atoms with Crippen LogP contribution in [0, 0.1) is 17.8 Å². The predicted octanol–water partition coefficient (Wildman–Crippen LogP) is 2.83. The molecule has 2 heteroatoms. The maximum absolute atomic E-state index is 5.80. The van der Waals surface area contributed by atoms with Gasteiger partial charge in [-0.3, -0.25) is 0 Å². The lowest BCUT2D eigenvalue weighted by atomic mass is 9.95. The molecule has 0 aromatic heterocycles. The first-order chi connectivity index (χ1) is 7.66. The molecule has 94 valence electrons. The second-order valence-corrected chi connectivity index (χ2v) is 6.10. The summed E-state index contributed by atoms with van der Waals surface area (Å²) in [5, 5.41) is 3.75. The van der Waals surface area contributed by atoms with Gasteiger partial charge in [-0.1, -0.05) is 20.8 Å². The second kappa shape index (κ2) is 5.50. The summed E-state index contributed by atoms with van der Waals surface area (Å²) in [6.07, 6.45) is 5.80. The van der Waals surface area contributed by atoms with E-state index in [2.05, 4.69) is 26.1 Å². The maximum Gasteiger partial charge on any atom is 0.0612 e. The summed E-state index contributed by atoms with van der Waals surface area (Å²) < 4.78 is 5.80. The standard InChI is InChI=1S/C14H27NO/c1-10(2)14-8-13(6-7-16-14)15-9-11(3)12-4-5-12/h10-15H,4-9H2,1-3H3. The van der Waals surface area contributed by atoms with Crippen molar-refractivity contribution in [2.45, 2.75) is 58.6 Å². The summed E-state index contributed by atoms with van der Waals surface area (Å²) in [5.74, 6) is 2.55. The molecule has 0 amide bonds. The largest absolute Gasteiger partial charge is 0.378 e. The Kier molecular flexibility index (Phi) is 4.26. The maximum atomic E-state index is 5.80. The van der Waals surface area contributed by atoms with Crippen molar-refractivity contribution in [2.75, 3.05) is 13.2 Å². The summed E-state index contributed by atoms with van der Waals surface area (Å²) in [6, 6.07) is 0.697. The third kappa shape index (κ3) is 3.46. The van der Waals surface area contributed by atoms with Gasteiger partial charge in [0, 0.05) is 12.6 Å². The van der Waals surface area contributed by atoms with E-state index in [1.165, 1.54) is 32.2 Å². The minimum atomic E-state index is 0.475. The molecule has 2 aliphatic rings. The molecule has 2 rings (SSSR count). The molecule has 1 N–H and O–H groups in total. The van der Waals surface area contributed by atoms with Crippen molar-refractivity contribution in [2.24, 2.45) is 17.8 Å². The summed E-state index contributed by atoms with van der Waals surface area (Å²) in [4.78, 5) is 0. The molecule has 3 atom stereocenters. The highest BCUT2D eigenvalue weighted by Gasteiger charge is 2.29. The highest BCUT2D eigenvalue weighted by Crippen LogP contribution is 2.36. The molecule has 16 heavy (non-hydrogen) atoms.